The van der Waals surface area contributed by atoms with Crippen molar-refractivity contribution in [1.29, 1.82) is 0 Å². The molecule has 20 heavy (non-hydrogen) atoms. The monoisotopic (exact) mass is 318 g/mol. The fraction of sp³-hybridized carbons (Fsp3) is 0.364. The van der Waals surface area contributed by atoms with Gasteiger partial charge in [0.1, 0.15) is 0 Å². The van der Waals surface area contributed by atoms with Gasteiger partial charge in [-0.25, -0.2) is 8.42 Å². The molecule has 1 aliphatic heterocycles. The first-order valence-corrected chi connectivity index (χ1v) is 7.61. The first kappa shape index (κ1) is 14.9. The van der Waals surface area contributed by atoms with Crippen molar-refractivity contribution >= 4 is 32.6 Å². The number of carbonyl (C=O) groups is 1. The Morgan fingerprint density at radius 2 is 1.95 bits per heavy atom. The van der Waals surface area contributed by atoms with Crippen molar-refractivity contribution in [3.8, 4) is 0 Å². The summed E-state index contributed by atoms with van der Waals surface area (Å²) in [6, 6.07) is 3.67. The summed E-state index contributed by atoms with van der Waals surface area (Å²) in [5.74, 6) is 0. The van der Waals surface area contributed by atoms with Crippen LogP contribution in [0.15, 0.2) is 29.2 Å². The summed E-state index contributed by atoms with van der Waals surface area (Å²) in [5, 5.41) is 9.83. The molecule has 7 nitrogen and oxygen atoms in total. The lowest BCUT2D eigenvalue weighted by Gasteiger charge is -2.21. The van der Waals surface area contributed by atoms with E-state index in [-0.39, 0.29) is 17.1 Å². The molecule has 9 heteroatoms. The summed E-state index contributed by atoms with van der Waals surface area (Å²) in [6.45, 7) is 0.211. The van der Waals surface area contributed by atoms with Crippen molar-refractivity contribution in [3.05, 3.63) is 34.4 Å². The average Bonchev–Trinajstić information content (AvgIpc) is 2.89. The predicted octanol–water partition coefficient (Wildman–Crippen LogP) is 1.51. The first-order chi connectivity index (χ1) is 9.34. The smallest absolute Gasteiger partial charge is 0.269 e. The van der Waals surface area contributed by atoms with E-state index >= 15 is 0 Å². The van der Waals surface area contributed by atoms with Crippen LogP contribution in [-0.4, -0.2) is 35.5 Å². The molecule has 0 spiro atoms. The number of nitrogens with zero attached hydrogens (tertiary/aromatic N) is 2. The van der Waals surface area contributed by atoms with Crippen molar-refractivity contribution in [1.82, 2.24) is 4.31 Å². The lowest BCUT2D eigenvalue weighted by atomic mass is 10.2. The highest BCUT2D eigenvalue weighted by Crippen LogP contribution is 2.28. The lowest BCUT2D eigenvalue weighted by molar-refractivity contribution is -0.384. The van der Waals surface area contributed by atoms with E-state index in [1.165, 1.54) is 0 Å². The van der Waals surface area contributed by atoms with Gasteiger partial charge in [-0.05, 0) is 36.6 Å². The molecule has 1 heterocycles. The molecule has 0 aliphatic carbocycles. The van der Waals surface area contributed by atoms with Gasteiger partial charge in [0, 0.05) is 18.7 Å². The van der Waals surface area contributed by atoms with Crippen LogP contribution in [-0.2, 0) is 14.8 Å². The van der Waals surface area contributed by atoms with Gasteiger partial charge in [-0.1, -0.05) is 0 Å². The molecule has 0 aromatic heterocycles. The summed E-state index contributed by atoms with van der Waals surface area (Å²) >= 11 is 5.40. The molecular weight excluding hydrogens is 308 g/mol. The quantitative estimate of drug-likeness (QED) is 0.476. The lowest BCUT2D eigenvalue weighted by Crippen LogP contribution is -2.38. The second-order valence-electron chi connectivity index (χ2n) is 4.33. The van der Waals surface area contributed by atoms with Crippen LogP contribution in [0.2, 0.25) is 0 Å². The number of rotatable bonds is 4. The first-order valence-electron chi connectivity index (χ1n) is 5.79. The Morgan fingerprint density at radius 1 is 1.35 bits per heavy atom. The second-order valence-corrected chi connectivity index (χ2v) is 6.59. The number of hydrogen-bond acceptors (Lipinski definition) is 5. The largest absolute Gasteiger partial charge is 0.279 e. The molecule has 0 bridgehead atoms. The molecule has 0 N–H and O–H groups in total. The average molecular weight is 319 g/mol. The molecule has 1 fully saturated rings. The zero-order valence-corrected chi connectivity index (χ0v) is 11.8. The minimum atomic E-state index is -3.87. The number of sulfonamides is 1. The standard InChI is InChI=1S/C11H11ClN2O5S/c12-11(15)10-2-1-7-13(10)20(18,19)9-5-3-8(4-6-9)14(16)17/h3-6,10H,1-2,7H2. The van der Waals surface area contributed by atoms with Crippen LogP contribution in [0.25, 0.3) is 0 Å². The molecule has 1 atom stereocenters. The van der Waals surface area contributed by atoms with Gasteiger partial charge < -0.3 is 0 Å². The number of carbonyl (C=O) groups excluding carboxylic acids is 1. The molecule has 1 unspecified atom stereocenters. The molecule has 0 saturated carbocycles. The van der Waals surface area contributed by atoms with Gasteiger partial charge in [-0.2, -0.15) is 4.31 Å². The van der Waals surface area contributed by atoms with Gasteiger partial charge in [-0.3, -0.25) is 14.9 Å². The summed E-state index contributed by atoms with van der Waals surface area (Å²) in [6.07, 6.45) is 0.934. The number of non-ortho nitro benzene ring substituents is 1. The molecule has 2 rings (SSSR count). The zero-order valence-electron chi connectivity index (χ0n) is 10.2. The van der Waals surface area contributed by atoms with Crippen LogP contribution < -0.4 is 0 Å². The van der Waals surface area contributed by atoms with E-state index in [1.807, 2.05) is 0 Å². The molecule has 108 valence electrons. The molecule has 0 amide bonds. The van der Waals surface area contributed by atoms with Crippen LogP contribution in [0.3, 0.4) is 0 Å². The van der Waals surface area contributed by atoms with E-state index in [0.717, 1.165) is 28.6 Å². The molecular formula is C11H11ClN2O5S. The van der Waals surface area contributed by atoms with Crippen molar-refractivity contribution in [3.63, 3.8) is 0 Å². The van der Waals surface area contributed by atoms with E-state index in [1.54, 1.807) is 0 Å². The Morgan fingerprint density at radius 3 is 2.45 bits per heavy atom. The SMILES string of the molecule is O=C(Cl)C1CCCN1S(=O)(=O)c1ccc([N+](=O)[O-])cc1. The summed E-state index contributed by atoms with van der Waals surface area (Å²) < 4.78 is 25.8. The Labute approximate surface area is 120 Å². The van der Waals surface area contributed by atoms with Gasteiger partial charge in [0.25, 0.3) is 5.69 Å². The second kappa shape index (κ2) is 5.47. The highest BCUT2D eigenvalue weighted by Gasteiger charge is 2.38. The van der Waals surface area contributed by atoms with Crippen LogP contribution in [0.5, 0.6) is 0 Å². The highest BCUT2D eigenvalue weighted by molar-refractivity contribution is 7.89. The van der Waals surface area contributed by atoms with Crippen LogP contribution >= 0.6 is 11.6 Å². The van der Waals surface area contributed by atoms with Crippen molar-refractivity contribution in [2.24, 2.45) is 0 Å². The van der Waals surface area contributed by atoms with E-state index in [9.17, 15) is 23.3 Å². The maximum atomic E-state index is 12.4. The van der Waals surface area contributed by atoms with Crippen molar-refractivity contribution < 1.29 is 18.1 Å². The van der Waals surface area contributed by atoms with Crippen molar-refractivity contribution in [2.75, 3.05) is 6.54 Å². The third kappa shape index (κ3) is 2.67. The minimum absolute atomic E-state index is 0.0899. The fourth-order valence-electron chi connectivity index (χ4n) is 2.13. The number of nitro groups is 1. The van der Waals surface area contributed by atoms with Crippen LogP contribution in [0.1, 0.15) is 12.8 Å². The maximum absolute atomic E-state index is 12.4. The Balaban J connectivity index is 2.35. The van der Waals surface area contributed by atoms with Crippen LogP contribution in [0, 0.1) is 10.1 Å². The number of benzene rings is 1. The summed E-state index contributed by atoms with van der Waals surface area (Å²) in [7, 11) is -3.87. The van der Waals surface area contributed by atoms with Crippen LogP contribution in [0.4, 0.5) is 5.69 Å². The number of hydrogen-bond donors (Lipinski definition) is 0. The molecule has 1 saturated heterocycles. The summed E-state index contributed by atoms with van der Waals surface area (Å²) in [5.41, 5.74) is -0.199. The molecule has 1 aromatic rings. The minimum Gasteiger partial charge on any atom is -0.279 e. The van der Waals surface area contributed by atoms with Gasteiger partial charge in [-0.15, -0.1) is 0 Å². The predicted molar refractivity (Wildman–Crippen MR) is 70.9 cm³/mol. The Kier molecular flexibility index (Phi) is 4.07. The zero-order chi connectivity index (χ0) is 14.9. The number of halogens is 1. The third-order valence-corrected chi connectivity index (χ3v) is 5.29. The maximum Gasteiger partial charge on any atom is 0.269 e. The highest BCUT2D eigenvalue weighted by atomic mass is 35.5. The molecule has 0 radical (unpaired) electrons. The topological polar surface area (TPSA) is 97.6 Å². The van der Waals surface area contributed by atoms with Crippen molar-refractivity contribution in [2.45, 2.75) is 23.8 Å². The van der Waals surface area contributed by atoms with E-state index in [0.29, 0.717) is 12.8 Å². The van der Waals surface area contributed by atoms with Gasteiger partial charge in [0.05, 0.1) is 15.9 Å². The summed E-state index contributed by atoms with van der Waals surface area (Å²) in [4.78, 5) is 21.1. The van der Waals surface area contributed by atoms with E-state index < -0.39 is 26.2 Å². The van der Waals surface area contributed by atoms with Gasteiger partial charge in [0.2, 0.25) is 15.3 Å². The Hall–Kier alpha value is -1.51. The Bertz CT molecular complexity index is 643. The van der Waals surface area contributed by atoms with E-state index in [2.05, 4.69) is 0 Å². The van der Waals surface area contributed by atoms with Gasteiger partial charge >= 0.3 is 0 Å². The molecule has 1 aromatic carbocycles. The molecule has 1 aliphatic rings. The fourth-order valence-corrected chi connectivity index (χ4v) is 4.07. The third-order valence-electron chi connectivity index (χ3n) is 3.12. The number of nitro benzene ring substituents is 1. The van der Waals surface area contributed by atoms with Gasteiger partial charge in [0.15, 0.2) is 0 Å². The van der Waals surface area contributed by atoms with E-state index in [4.69, 9.17) is 11.6 Å². The normalized spacial score (nSPS) is 19.9.